The number of hydrogen-bond donors (Lipinski definition) is 0. The molecule has 1 amide bonds. The molecule has 0 aliphatic carbocycles. The van der Waals surface area contributed by atoms with Crippen LogP contribution in [0.5, 0.6) is 0 Å². The van der Waals surface area contributed by atoms with E-state index in [1.54, 1.807) is 34.6 Å². The SMILES string of the molecule is CCN(Cc1ccc(Br)s1)C(=O)c1cccnc1Cl. The van der Waals surface area contributed by atoms with Crippen LogP contribution in [0.25, 0.3) is 0 Å². The Morgan fingerprint density at radius 1 is 1.47 bits per heavy atom. The minimum absolute atomic E-state index is 0.0925. The molecule has 0 aliphatic rings. The van der Waals surface area contributed by atoms with Gasteiger partial charge in [0.15, 0.2) is 0 Å². The summed E-state index contributed by atoms with van der Waals surface area (Å²) in [6.45, 7) is 3.15. The average Bonchev–Trinajstić information content (AvgIpc) is 2.81. The van der Waals surface area contributed by atoms with Crippen LogP contribution >= 0.6 is 38.9 Å². The Morgan fingerprint density at radius 3 is 2.84 bits per heavy atom. The van der Waals surface area contributed by atoms with Crippen LogP contribution in [-0.2, 0) is 6.54 Å². The number of halogens is 2. The Morgan fingerprint density at radius 2 is 2.26 bits per heavy atom. The largest absolute Gasteiger partial charge is 0.334 e. The summed E-state index contributed by atoms with van der Waals surface area (Å²) in [5.41, 5.74) is 0.446. The van der Waals surface area contributed by atoms with Crippen LogP contribution in [0, 0.1) is 0 Å². The molecule has 0 fully saturated rings. The maximum atomic E-state index is 12.4. The standard InChI is InChI=1S/C13H12BrClN2OS/c1-2-17(8-9-5-6-11(14)19-9)13(18)10-4-3-7-16-12(10)15/h3-7H,2,8H2,1H3. The molecule has 3 nitrogen and oxygen atoms in total. The summed E-state index contributed by atoms with van der Waals surface area (Å²) in [7, 11) is 0. The van der Waals surface area contributed by atoms with Crippen molar-refractivity contribution in [3.05, 3.63) is 49.8 Å². The van der Waals surface area contributed by atoms with Gasteiger partial charge in [0.2, 0.25) is 0 Å². The normalized spacial score (nSPS) is 10.5. The number of rotatable bonds is 4. The van der Waals surface area contributed by atoms with Gasteiger partial charge in [0.1, 0.15) is 5.15 Å². The van der Waals surface area contributed by atoms with Crippen LogP contribution in [-0.4, -0.2) is 22.3 Å². The van der Waals surface area contributed by atoms with Gasteiger partial charge in [0.25, 0.3) is 5.91 Å². The maximum Gasteiger partial charge on any atom is 0.257 e. The number of thiophene rings is 1. The molecule has 2 aromatic heterocycles. The highest BCUT2D eigenvalue weighted by molar-refractivity contribution is 9.11. The van der Waals surface area contributed by atoms with Gasteiger partial charge in [-0.3, -0.25) is 4.79 Å². The first-order chi connectivity index (χ1) is 9.11. The molecule has 0 aliphatic heterocycles. The maximum absolute atomic E-state index is 12.4. The minimum atomic E-state index is -0.0925. The minimum Gasteiger partial charge on any atom is -0.334 e. The third-order valence-electron chi connectivity index (χ3n) is 2.63. The molecule has 2 rings (SSSR count). The second kappa shape index (κ2) is 6.50. The lowest BCUT2D eigenvalue weighted by molar-refractivity contribution is 0.0754. The predicted molar refractivity (Wildman–Crippen MR) is 81.7 cm³/mol. The van der Waals surface area contributed by atoms with Crippen molar-refractivity contribution in [3.8, 4) is 0 Å². The second-order valence-corrected chi connectivity index (χ2v) is 6.77. The van der Waals surface area contributed by atoms with Crippen LogP contribution in [0.4, 0.5) is 0 Å². The molecule has 0 saturated heterocycles. The summed E-state index contributed by atoms with van der Waals surface area (Å²) in [5, 5.41) is 0.248. The van der Waals surface area contributed by atoms with E-state index in [0.717, 1.165) is 8.66 Å². The van der Waals surface area contributed by atoms with E-state index in [1.165, 1.54) is 0 Å². The van der Waals surface area contributed by atoms with Crippen molar-refractivity contribution in [2.75, 3.05) is 6.54 Å². The number of pyridine rings is 1. The van der Waals surface area contributed by atoms with Crippen LogP contribution in [0.1, 0.15) is 22.2 Å². The van der Waals surface area contributed by atoms with E-state index in [4.69, 9.17) is 11.6 Å². The van der Waals surface area contributed by atoms with Crippen molar-refractivity contribution in [1.82, 2.24) is 9.88 Å². The van der Waals surface area contributed by atoms with Crippen LogP contribution < -0.4 is 0 Å². The van der Waals surface area contributed by atoms with Gasteiger partial charge >= 0.3 is 0 Å². The smallest absolute Gasteiger partial charge is 0.257 e. The number of hydrogen-bond acceptors (Lipinski definition) is 3. The topological polar surface area (TPSA) is 33.2 Å². The van der Waals surface area contributed by atoms with Crippen LogP contribution in [0.15, 0.2) is 34.2 Å². The highest BCUT2D eigenvalue weighted by atomic mass is 79.9. The highest BCUT2D eigenvalue weighted by Crippen LogP contribution is 2.24. The number of amides is 1. The van der Waals surface area contributed by atoms with E-state index < -0.39 is 0 Å². The molecule has 0 spiro atoms. The summed E-state index contributed by atoms with van der Waals surface area (Å²) >= 11 is 11.0. The molecule has 0 unspecified atom stereocenters. The number of carbonyl (C=O) groups is 1. The molecule has 2 heterocycles. The summed E-state index contributed by atoms with van der Waals surface area (Å²) in [6.07, 6.45) is 1.58. The molecule has 6 heteroatoms. The first-order valence-corrected chi connectivity index (χ1v) is 7.74. The quantitative estimate of drug-likeness (QED) is 0.766. The molecule has 0 bridgehead atoms. The fourth-order valence-corrected chi connectivity index (χ4v) is 3.37. The van der Waals surface area contributed by atoms with E-state index in [9.17, 15) is 4.79 Å². The van der Waals surface area contributed by atoms with Gasteiger partial charge in [0, 0.05) is 17.6 Å². The van der Waals surface area contributed by atoms with Gasteiger partial charge in [-0.25, -0.2) is 4.98 Å². The summed E-state index contributed by atoms with van der Waals surface area (Å²) in [5.74, 6) is -0.0925. The Bertz CT molecular complexity index is 588. The first kappa shape index (κ1) is 14.5. The highest BCUT2D eigenvalue weighted by Gasteiger charge is 2.18. The van der Waals surface area contributed by atoms with Gasteiger partial charge in [-0.05, 0) is 47.1 Å². The lowest BCUT2D eigenvalue weighted by atomic mass is 10.2. The lowest BCUT2D eigenvalue weighted by Gasteiger charge is -2.20. The van der Waals surface area contributed by atoms with Gasteiger partial charge in [0.05, 0.1) is 15.9 Å². The zero-order valence-electron chi connectivity index (χ0n) is 10.3. The molecule has 100 valence electrons. The molecule has 19 heavy (non-hydrogen) atoms. The third kappa shape index (κ3) is 3.55. The van der Waals surface area contributed by atoms with Crippen molar-refractivity contribution in [2.24, 2.45) is 0 Å². The Kier molecular flexibility index (Phi) is 4.96. The molecule has 0 aromatic carbocycles. The monoisotopic (exact) mass is 358 g/mol. The molecular formula is C13H12BrClN2OS. The Labute approximate surface area is 129 Å². The first-order valence-electron chi connectivity index (χ1n) is 5.75. The fraction of sp³-hybridized carbons (Fsp3) is 0.231. The third-order valence-corrected chi connectivity index (χ3v) is 4.54. The van der Waals surface area contributed by atoms with Crippen molar-refractivity contribution in [3.63, 3.8) is 0 Å². The van der Waals surface area contributed by atoms with Crippen molar-refractivity contribution in [1.29, 1.82) is 0 Å². The van der Waals surface area contributed by atoms with E-state index in [2.05, 4.69) is 20.9 Å². The Hall–Kier alpha value is -0.910. The molecule has 0 saturated carbocycles. The molecule has 0 atom stereocenters. The van der Waals surface area contributed by atoms with Gasteiger partial charge in [-0.1, -0.05) is 11.6 Å². The van der Waals surface area contributed by atoms with Gasteiger partial charge < -0.3 is 4.90 Å². The molecule has 0 N–H and O–H groups in total. The fourth-order valence-electron chi connectivity index (χ4n) is 1.67. The van der Waals surface area contributed by atoms with Crippen molar-refractivity contribution < 1.29 is 4.79 Å². The molecule has 2 aromatic rings. The summed E-state index contributed by atoms with van der Waals surface area (Å²) in [4.78, 5) is 19.2. The van der Waals surface area contributed by atoms with Crippen LogP contribution in [0.2, 0.25) is 5.15 Å². The summed E-state index contributed by atoms with van der Waals surface area (Å²) in [6, 6.07) is 7.41. The summed E-state index contributed by atoms with van der Waals surface area (Å²) < 4.78 is 1.06. The number of aromatic nitrogens is 1. The van der Waals surface area contributed by atoms with E-state index >= 15 is 0 Å². The average molecular weight is 360 g/mol. The zero-order chi connectivity index (χ0) is 13.8. The number of carbonyl (C=O) groups excluding carboxylic acids is 1. The predicted octanol–water partition coefficient (Wildman–Crippen LogP) is 4.22. The van der Waals surface area contributed by atoms with E-state index in [0.29, 0.717) is 18.7 Å². The van der Waals surface area contributed by atoms with Gasteiger partial charge in [-0.2, -0.15) is 0 Å². The van der Waals surface area contributed by atoms with Crippen molar-refractivity contribution >= 4 is 44.8 Å². The van der Waals surface area contributed by atoms with Gasteiger partial charge in [-0.15, -0.1) is 11.3 Å². The van der Waals surface area contributed by atoms with E-state index in [1.807, 2.05) is 19.1 Å². The zero-order valence-corrected chi connectivity index (χ0v) is 13.4. The van der Waals surface area contributed by atoms with E-state index in [-0.39, 0.29) is 11.1 Å². The molecular weight excluding hydrogens is 348 g/mol. The Balaban J connectivity index is 2.18. The molecule has 0 radical (unpaired) electrons. The lowest BCUT2D eigenvalue weighted by Crippen LogP contribution is -2.30. The second-order valence-electron chi connectivity index (χ2n) is 3.87. The number of nitrogens with zero attached hydrogens (tertiary/aromatic N) is 2. The van der Waals surface area contributed by atoms with Crippen LogP contribution in [0.3, 0.4) is 0 Å². The van der Waals surface area contributed by atoms with Crippen molar-refractivity contribution in [2.45, 2.75) is 13.5 Å².